The number of aromatic nitrogens is 2. The third-order valence-corrected chi connectivity index (χ3v) is 19.5. The van der Waals surface area contributed by atoms with Crippen molar-refractivity contribution in [3.05, 3.63) is 47.5 Å². The molecule has 0 spiro atoms. The van der Waals surface area contributed by atoms with Gasteiger partial charge in [0.15, 0.2) is 5.82 Å². The monoisotopic (exact) mass is 756 g/mol. The Morgan fingerprint density at radius 1 is 1.00 bits per heavy atom. The molecular formula is C43H51F3N4O3Si. The normalized spacial score (nSPS) is 23.9. The molecule has 1 saturated carbocycles. The number of ether oxygens (including phenoxy) is 2. The van der Waals surface area contributed by atoms with E-state index in [1.165, 1.54) is 12.1 Å². The average Bonchev–Trinajstić information content (AvgIpc) is 3.80. The third kappa shape index (κ3) is 5.81. The van der Waals surface area contributed by atoms with Crippen LogP contribution in [0.5, 0.6) is 17.5 Å². The van der Waals surface area contributed by atoms with Crippen molar-refractivity contribution in [1.82, 2.24) is 14.9 Å². The van der Waals surface area contributed by atoms with Crippen LogP contribution in [0.3, 0.4) is 0 Å². The van der Waals surface area contributed by atoms with Crippen LogP contribution in [0.25, 0.3) is 32.8 Å². The van der Waals surface area contributed by atoms with Crippen molar-refractivity contribution in [1.29, 1.82) is 0 Å². The maximum absolute atomic E-state index is 17.5. The predicted molar refractivity (Wildman–Crippen MR) is 211 cm³/mol. The number of halogens is 3. The fraction of sp³-hybridized carbons (Fsp3) is 0.535. The van der Waals surface area contributed by atoms with Crippen LogP contribution in [0.2, 0.25) is 16.6 Å². The van der Waals surface area contributed by atoms with Gasteiger partial charge in [0, 0.05) is 31.0 Å². The number of benzene rings is 3. The minimum absolute atomic E-state index is 0.00536. The first-order valence-corrected chi connectivity index (χ1v) is 21.9. The smallest absolute Gasteiger partial charge is 0.319 e. The summed E-state index contributed by atoms with van der Waals surface area (Å²) in [6.45, 7) is 14.6. The van der Waals surface area contributed by atoms with Gasteiger partial charge in [-0.3, -0.25) is 4.90 Å². The second-order valence-corrected chi connectivity index (χ2v) is 22.7. The minimum atomic E-state index is -2.28. The number of rotatable bonds is 7. The standard InChI is InChI=1S/C43H51F3N4O3Si/c1-24(2)54(25(3)4,26(5)6)17-14-30-33(45)13-12-27-18-29(51)19-31(37(27)30)32-20-36-38-40(39(32)46)47-42(48-41(38)49(7)34-10-8-11-35(34)53-36)52-23-43-15-9-16-50(43)22-28(44)21-43/h12-13,18-20,24-26,28,34-35,51H,8-11,15-16,21-23H2,1-7H3/t28-,34+,35-,43+/m1/s1. The van der Waals surface area contributed by atoms with Crippen LogP contribution in [0.15, 0.2) is 30.3 Å². The molecule has 1 aromatic heterocycles. The van der Waals surface area contributed by atoms with Crippen molar-refractivity contribution in [2.45, 2.75) is 121 Å². The SMILES string of the molecule is CC(C)[Si](C#Cc1c(F)ccc2cc(O)cc(-c3cc4c5c(nc(OC[C@@]67CCCN6C[C@H](F)C7)nc5c3F)N(C)[C@H]3CCC[C@H]3O4)c12)(C(C)C)C(C)C. The number of hydrogen-bond acceptors (Lipinski definition) is 7. The van der Waals surface area contributed by atoms with E-state index in [1.54, 1.807) is 18.2 Å². The number of anilines is 1. The Hall–Kier alpha value is -4.01. The summed E-state index contributed by atoms with van der Waals surface area (Å²) in [6.07, 6.45) is 3.75. The van der Waals surface area contributed by atoms with E-state index in [9.17, 15) is 9.50 Å². The summed E-state index contributed by atoms with van der Waals surface area (Å²) in [4.78, 5) is 13.8. The molecule has 4 heterocycles. The van der Waals surface area contributed by atoms with Gasteiger partial charge in [0.05, 0.1) is 22.5 Å². The number of fused-ring (bicyclic) bond motifs is 3. The number of hydrogen-bond donors (Lipinski definition) is 1. The second kappa shape index (κ2) is 13.6. The number of phenolic OH excluding ortho intramolecular Hbond substituents is 1. The highest BCUT2D eigenvalue weighted by molar-refractivity contribution is 6.90. The van der Waals surface area contributed by atoms with Gasteiger partial charge in [-0.05, 0) is 90.5 Å². The summed E-state index contributed by atoms with van der Waals surface area (Å²) < 4.78 is 61.3. The van der Waals surface area contributed by atoms with Gasteiger partial charge in [0.2, 0.25) is 0 Å². The van der Waals surface area contributed by atoms with Gasteiger partial charge in [-0.25, -0.2) is 13.2 Å². The van der Waals surface area contributed by atoms with Gasteiger partial charge in [-0.2, -0.15) is 9.97 Å². The van der Waals surface area contributed by atoms with Gasteiger partial charge in [-0.1, -0.05) is 53.5 Å². The van der Waals surface area contributed by atoms with Crippen LogP contribution in [0.1, 0.15) is 85.6 Å². The van der Waals surface area contributed by atoms with Crippen molar-refractivity contribution < 1.29 is 27.8 Å². The third-order valence-electron chi connectivity index (χ3n) is 13.2. The number of alkyl halides is 1. The lowest BCUT2D eigenvalue weighted by molar-refractivity contribution is 0.107. The van der Waals surface area contributed by atoms with Crippen LogP contribution in [0, 0.1) is 23.1 Å². The Balaban J connectivity index is 1.34. The Morgan fingerprint density at radius 3 is 2.50 bits per heavy atom. The Kier molecular flexibility index (Phi) is 9.32. The molecule has 3 fully saturated rings. The molecule has 4 atom stereocenters. The van der Waals surface area contributed by atoms with Crippen LogP contribution in [0.4, 0.5) is 19.0 Å². The van der Waals surface area contributed by atoms with E-state index in [4.69, 9.17) is 19.4 Å². The Bertz CT molecular complexity index is 2180. The Labute approximate surface area is 317 Å². The number of aromatic hydroxyl groups is 1. The summed E-state index contributed by atoms with van der Waals surface area (Å²) >= 11 is 0. The van der Waals surface area contributed by atoms with E-state index in [1.807, 2.05) is 7.05 Å². The van der Waals surface area contributed by atoms with E-state index in [0.29, 0.717) is 62.9 Å². The molecule has 3 aromatic carbocycles. The Morgan fingerprint density at radius 2 is 1.76 bits per heavy atom. The molecule has 4 aromatic rings. The quantitative estimate of drug-likeness (QED) is 0.149. The van der Waals surface area contributed by atoms with Crippen molar-refractivity contribution in [3.8, 4) is 40.1 Å². The molecule has 0 radical (unpaired) electrons. The maximum atomic E-state index is 17.5. The molecule has 0 bridgehead atoms. The van der Waals surface area contributed by atoms with Crippen LogP contribution < -0.4 is 14.4 Å². The van der Waals surface area contributed by atoms with E-state index in [-0.39, 0.29) is 47.2 Å². The van der Waals surface area contributed by atoms with Crippen LogP contribution in [-0.2, 0) is 0 Å². The van der Waals surface area contributed by atoms with Crippen molar-refractivity contribution in [3.63, 3.8) is 0 Å². The highest BCUT2D eigenvalue weighted by atomic mass is 28.3. The summed E-state index contributed by atoms with van der Waals surface area (Å²) in [7, 11) is -0.330. The average molecular weight is 757 g/mol. The molecule has 0 amide bonds. The number of nitrogens with zero attached hydrogens (tertiary/aromatic N) is 4. The summed E-state index contributed by atoms with van der Waals surface area (Å²) in [6, 6.07) is 7.68. The first-order valence-electron chi connectivity index (χ1n) is 19.7. The lowest BCUT2D eigenvalue weighted by atomic mass is 9.92. The molecule has 2 saturated heterocycles. The second-order valence-electron chi connectivity index (χ2n) is 17.1. The van der Waals surface area contributed by atoms with Crippen LogP contribution in [-0.4, -0.2) is 78.6 Å². The van der Waals surface area contributed by atoms with Gasteiger partial charge in [-0.15, -0.1) is 5.54 Å². The zero-order chi connectivity index (χ0) is 38.3. The summed E-state index contributed by atoms with van der Waals surface area (Å²) in [5.74, 6) is 2.99. The molecule has 7 nitrogen and oxygen atoms in total. The molecule has 1 aliphatic carbocycles. The van der Waals surface area contributed by atoms with Gasteiger partial charge in [0.1, 0.15) is 55.6 Å². The van der Waals surface area contributed by atoms with Gasteiger partial charge < -0.3 is 19.5 Å². The molecule has 3 aliphatic heterocycles. The van der Waals surface area contributed by atoms with E-state index < -0.39 is 31.4 Å². The highest BCUT2D eigenvalue weighted by Crippen LogP contribution is 2.48. The zero-order valence-corrected chi connectivity index (χ0v) is 33.4. The van der Waals surface area contributed by atoms with Gasteiger partial charge >= 0.3 is 6.01 Å². The maximum Gasteiger partial charge on any atom is 0.319 e. The van der Waals surface area contributed by atoms with Gasteiger partial charge in [0.25, 0.3) is 0 Å². The summed E-state index contributed by atoms with van der Waals surface area (Å²) in [5, 5.41) is 12.4. The molecule has 11 heteroatoms. The molecule has 54 heavy (non-hydrogen) atoms. The predicted octanol–water partition coefficient (Wildman–Crippen LogP) is 9.71. The molecular weight excluding hydrogens is 706 g/mol. The molecule has 1 N–H and O–H groups in total. The largest absolute Gasteiger partial charge is 0.508 e. The molecule has 0 unspecified atom stereocenters. The topological polar surface area (TPSA) is 71.0 Å². The molecule has 8 rings (SSSR count). The first kappa shape index (κ1) is 36.9. The van der Waals surface area contributed by atoms with E-state index >= 15 is 8.78 Å². The number of likely N-dealkylation sites (N-methyl/N-ethyl adjacent to an activating group) is 1. The van der Waals surface area contributed by atoms with Crippen molar-refractivity contribution in [2.24, 2.45) is 0 Å². The van der Waals surface area contributed by atoms with Crippen molar-refractivity contribution >= 4 is 35.6 Å². The minimum Gasteiger partial charge on any atom is -0.508 e. The molecule has 4 aliphatic rings. The lowest BCUT2D eigenvalue weighted by Gasteiger charge is -2.38. The molecule has 286 valence electrons. The fourth-order valence-electron chi connectivity index (χ4n) is 10.6. The first-order chi connectivity index (χ1) is 25.7. The zero-order valence-electron chi connectivity index (χ0n) is 32.4. The van der Waals surface area contributed by atoms with E-state index in [0.717, 1.165) is 38.6 Å². The van der Waals surface area contributed by atoms with Crippen LogP contribution >= 0.6 is 0 Å². The lowest BCUT2D eigenvalue weighted by Crippen LogP contribution is -2.43. The summed E-state index contributed by atoms with van der Waals surface area (Å²) in [5.41, 5.74) is 4.78. The van der Waals surface area contributed by atoms with Crippen molar-refractivity contribution in [2.75, 3.05) is 31.6 Å². The highest BCUT2D eigenvalue weighted by Gasteiger charge is 2.49. The van der Waals surface area contributed by atoms with E-state index in [2.05, 4.69) is 62.8 Å². The number of phenols is 1. The fourth-order valence-corrected chi connectivity index (χ4v) is 15.8.